The molecule has 1 saturated heterocycles. The van der Waals surface area contributed by atoms with Crippen molar-refractivity contribution in [2.45, 2.75) is 57.6 Å². The third-order valence-electron chi connectivity index (χ3n) is 5.89. The number of piperidine rings is 1. The summed E-state index contributed by atoms with van der Waals surface area (Å²) in [5, 5.41) is 12.3. The predicted octanol–water partition coefficient (Wildman–Crippen LogP) is 1.30. The fourth-order valence-corrected chi connectivity index (χ4v) is 4.34. The van der Waals surface area contributed by atoms with Crippen LogP contribution in [0.4, 0.5) is 5.69 Å². The van der Waals surface area contributed by atoms with Crippen LogP contribution >= 0.6 is 0 Å². The summed E-state index contributed by atoms with van der Waals surface area (Å²) in [7, 11) is 0. The van der Waals surface area contributed by atoms with Gasteiger partial charge >= 0.3 is 11.8 Å². The van der Waals surface area contributed by atoms with Crippen molar-refractivity contribution in [3.05, 3.63) is 24.0 Å². The molecule has 1 aromatic heterocycles. The van der Waals surface area contributed by atoms with Gasteiger partial charge in [-0.3, -0.25) is 19.4 Å². The highest BCUT2D eigenvalue weighted by Crippen LogP contribution is 2.35. The number of aromatic nitrogens is 1. The molecule has 2 atom stereocenters. The molecule has 8 heteroatoms. The van der Waals surface area contributed by atoms with Gasteiger partial charge in [-0.25, -0.2) is 0 Å². The molecular formula is C20H28N4O4. The maximum atomic E-state index is 12.9. The van der Waals surface area contributed by atoms with E-state index in [4.69, 9.17) is 5.73 Å². The topological polar surface area (TPSA) is 126 Å². The lowest BCUT2D eigenvalue weighted by atomic mass is 9.77. The second-order valence-electron chi connectivity index (χ2n) is 8.06. The van der Waals surface area contributed by atoms with Gasteiger partial charge in [0, 0.05) is 18.8 Å². The van der Waals surface area contributed by atoms with E-state index in [1.54, 1.807) is 4.90 Å². The van der Waals surface area contributed by atoms with Gasteiger partial charge in [-0.15, -0.1) is 0 Å². The molecule has 8 nitrogen and oxygen atoms in total. The number of aliphatic hydroxyl groups excluding tert-OH is 1. The first-order chi connectivity index (χ1) is 13.3. The molecule has 2 aliphatic rings. The van der Waals surface area contributed by atoms with E-state index < -0.39 is 17.7 Å². The van der Waals surface area contributed by atoms with Gasteiger partial charge < -0.3 is 21.1 Å². The number of nitrogens with zero attached hydrogens (tertiary/aromatic N) is 2. The standard InChI is InChI=1S/C20H28N4O4/c1-12-2-7-17(13-3-5-16(25)6-4-13)24(11-12)20(28)19(27)23-15-8-14(18(21)26)9-22-10-15/h8-10,12-13,16-17,25H,2-7,11H2,1H3,(H2,21,26)(H,23,27). The van der Waals surface area contributed by atoms with E-state index in [9.17, 15) is 19.5 Å². The van der Waals surface area contributed by atoms with Crippen molar-refractivity contribution in [3.8, 4) is 0 Å². The number of likely N-dealkylation sites (tertiary alicyclic amines) is 1. The van der Waals surface area contributed by atoms with Gasteiger partial charge in [0.1, 0.15) is 0 Å². The second kappa shape index (κ2) is 8.68. The molecule has 3 rings (SSSR count). The average molecular weight is 388 g/mol. The van der Waals surface area contributed by atoms with E-state index in [0.717, 1.165) is 38.5 Å². The van der Waals surface area contributed by atoms with Gasteiger partial charge in [0.15, 0.2) is 0 Å². The molecule has 0 spiro atoms. The molecule has 2 unspecified atom stereocenters. The molecule has 1 saturated carbocycles. The number of aliphatic hydroxyl groups is 1. The summed E-state index contributed by atoms with van der Waals surface area (Å²) in [5.41, 5.74) is 5.65. The van der Waals surface area contributed by atoms with Crippen molar-refractivity contribution in [1.82, 2.24) is 9.88 Å². The van der Waals surface area contributed by atoms with Crippen molar-refractivity contribution in [1.29, 1.82) is 0 Å². The zero-order chi connectivity index (χ0) is 20.3. The Labute approximate surface area is 164 Å². The first-order valence-corrected chi connectivity index (χ1v) is 9.90. The minimum Gasteiger partial charge on any atom is -0.393 e. The van der Waals surface area contributed by atoms with Crippen LogP contribution < -0.4 is 11.1 Å². The number of carbonyl (C=O) groups excluding carboxylic acids is 3. The summed E-state index contributed by atoms with van der Waals surface area (Å²) in [5.74, 6) is -1.31. The van der Waals surface area contributed by atoms with Gasteiger partial charge in [0.05, 0.1) is 23.6 Å². The van der Waals surface area contributed by atoms with Crippen LogP contribution in [0.1, 0.15) is 55.8 Å². The predicted molar refractivity (Wildman–Crippen MR) is 103 cm³/mol. The number of hydrogen-bond acceptors (Lipinski definition) is 5. The van der Waals surface area contributed by atoms with Crippen LogP contribution in [-0.2, 0) is 9.59 Å². The Hall–Kier alpha value is -2.48. The van der Waals surface area contributed by atoms with Crippen molar-refractivity contribution < 1.29 is 19.5 Å². The highest BCUT2D eigenvalue weighted by molar-refractivity contribution is 6.39. The van der Waals surface area contributed by atoms with E-state index in [2.05, 4.69) is 17.2 Å². The van der Waals surface area contributed by atoms with Crippen LogP contribution in [0.5, 0.6) is 0 Å². The third kappa shape index (κ3) is 4.67. The van der Waals surface area contributed by atoms with Crippen LogP contribution in [0, 0.1) is 11.8 Å². The van der Waals surface area contributed by atoms with Crippen molar-refractivity contribution >= 4 is 23.4 Å². The fraction of sp³-hybridized carbons (Fsp3) is 0.600. The first kappa shape index (κ1) is 20.3. The zero-order valence-electron chi connectivity index (χ0n) is 16.1. The molecule has 1 aromatic rings. The van der Waals surface area contributed by atoms with Crippen molar-refractivity contribution in [3.63, 3.8) is 0 Å². The summed E-state index contributed by atoms with van der Waals surface area (Å²) in [6, 6.07) is 1.43. The SMILES string of the molecule is CC1CCC(C2CCC(O)CC2)N(C(=O)C(=O)Nc2cncc(C(N)=O)c2)C1. The maximum absolute atomic E-state index is 12.9. The highest BCUT2D eigenvalue weighted by Gasteiger charge is 2.38. The largest absolute Gasteiger partial charge is 0.393 e. The monoisotopic (exact) mass is 388 g/mol. The molecule has 3 amide bonds. The van der Waals surface area contributed by atoms with E-state index in [-0.39, 0.29) is 23.4 Å². The first-order valence-electron chi connectivity index (χ1n) is 9.90. The Balaban J connectivity index is 1.71. The number of rotatable bonds is 3. The lowest BCUT2D eigenvalue weighted by Gasteiger charge is -2.44. The average Bonchev–Trinajstić information content (AvgIpc) is 2.68. The molecule has 4 N–H and O–H groups in total. The minimum absolute atomic E-state index is 0.0250. The normalized spacial score (nSPS) is 27.9. The van der Waals surface area contributed by atoms with Gasteiger partial charge in [-0.05, 0) is 56.4 Å². The summed E-state index contributed by atoms with van der Waals surface area (Å²) >= 11 is 0. The van der Waals surface area contributed by atoms with Crippen molar-refractivity contribution in [2.75, 3.05) is 11.9 Å². The molecule has 1 aliphatic heterocycles. The van der Waals surface area contributed by atoms with Crippen LogP contribution in [0.25, 0.3) is 0 Å². The molecule has 2 fully saturated rings. The number of primary amides is 1. The highest BCUT2D eigenvalue weighted by atomic mass is 16.3. The summed E-state index contributed by atoms with van der Waals surface area (Å²) < 4.78 is 0. The van der Waals surface area contributed by atoms with Crippen LogP contribution in [0.2, 0.25) is 0 Å². The number of carbonyl (C=O) groups is 3. The molecule has 152 valence electrons. The smallest absolute Gasteiger partial charge is 0.313 e. The second-order valence-corrected chi connectivity index (χ2v) is 8.06. The van der Waals surface area contributed by atoms with E-state index >= 15 is 0 Å². The molecular weight excluding hydrogens is 360 g/mol. The molecule has 1 aliphatic carbocycles. The van der Waals surface area contributed by atoms with E-state index in [0.29, 0.717) is 18.4 Å². The number of pyridine rings is 1. The number of nitrogens with one attached hydrogen (secondary N) is 1. The summed E-state index contributed by atoms with van der Waals surface area (Å²) in [6.45, 7) is 2.63. The zero-order valence-corrected chi connectivity index (χ0v) is 16.1. The van der Waals surface area contributed by atoms with Gasteiger partial charge in [0.25, 0.3) is 0 Å². The maximum Gasteiger partial charge on any atom is 0.313 e. The van der Waals surface area contributed by atoms with Gasteiger partial charge in [0.2, 0.25) is 5.91 Å². The quantitative estimate of drug-likeness (QED) is 0.673. The summed E-state index contributed by atoms with van der Waals surface area (Å²) in [4.78, 5) is 42.4. The van der Waals surface area contributed by atoms with Crippen LogP contribution in [0.3, 0.4) is 0 Å². The molecule has 0 radical (unpaired) electrons. The Morgan fingerprint density at radius 3 is 2.54 bits per heavy atom. The van der Waals surface area contributed by atoms with Gasteiger partial charge in [-0.2, -0.15) is 0 Å². The lowest BCUT2D eigenvalue weighted by Crippen LogP contribution is -2.53. The fourth-order valence-electron chi connectivity index (χ4n) is 4.34. The minimum atomic E-state index is -0.738. The Kier molecular flexibility index (Phi) is 6.28. The molecule has 0 aromatic carbocycles. The third-order valence-corrected chi connectivity index (χ3v) is 5.89. The molecule has 28 heavy (non-hydrogen) atoms. The lowest BCUT2D eigenvalue weighted by molar-refractivity contribution is -0.148. The molecule has 2 heterocycles. The summed E-state index contributed by atoms with van der Waals surface area (Å²) in [6.07, 6.45) is 7.56. The number of amides is 3. The van der Waals surface area contributed by atoms with Crippen molar-refractivity contribution in [2.24, 2.45) is 17.6 Å². The van der Waals surface area contributed by atoms with E-state index in [1.807, 2.05) is 0 Å². The molecule has 0 bridgehead atoms. The van der Waals surface area contributed by atoms with Crippen LogP contribution in [-0.4, -0.2) is 51.4 Å². The van der Waals surface area contributed by atoms with Crippen LogP contribution in [0.15, 0.2) is 18.5 Å². The van der Waals surface area contributed by atoms with Gasteiger partial charge in [-0.1, -0.05) is 6.92 Å². The Morgan fingerprint density at radius 1 is 1.14 bits per heavy atom. The number of anilines is 1. The number of hydrogen-bond donors (Lipinski definition) is 3. The number of nitrogens with two attached hydrogens (primary N) is 1. The Bertz CT molecular complexity index is 745. The Morgan fingerprint density at radius 2 is 1.86 bits per heavy atom. The van der Waals surface area contributed by atoms with E-state index in [1.165, 1.54) is 18.5 Å².